The van der Waals surface area contributed by atoms with Crippen LogP contribution in [0.15, 0.2) is 0 Å². The summed E-state index contributed by atoms with van der Waals surface area (Å²) in [5.41, 5.74) is 6.70. The van der Waals surface area contributed by atoms with Gasteiger partial charge >= 0.3 is 0 Å². The summed E-state index contributed by atoms with van der Waals surface area (Å²) in [5.74, 6) is 1.83. The van der Waals surface area contributed by atoms with E-state index in [1.807, 2.05) is 0 Å². The second kappa shape index (κ2) is 6.38. The second-order valence-electron chi connectivity index (χ2n) is 7.10. The minimum atomic E-state index is 0.174. The van der Waals surface area contributed by atoms with Crippen molar-refractivity contribution in [3.63, 3.8) is 0 Å². The zero-order chi connectivity index (χ0) is 13.0. The highest BCUT2D eigenvalue weighted by Crippen LogP contribution is 2.30. The Labute approximate surface area is 113 Å². The van der Waals surface area contributed by atoms with Crippen molar-refractivity contribution < 1.29 is 0 Å². The largest absolute Gasteiger partial charge is 0.325 e. The molecule has 1 saturated heterocycles. The molecule has 0 aromatic carbocycles. The van der Waals surface area contributed by atoms with Gasteiger partial charge in [0, 0.05) is 5.54 Å². The van der Waals surface area contributed by atoms with Crippen molar-refractivity contribution in [3.05, 3.63) is 0 Å². The van der Waals surface area contributed by atoms with Crippen LogP contribution in [0.1, 0.15) is 65.2 Å². The standard InChI is InChI=1S/C16H32N2/c1-14(2)15-6-11-18(12-7-15)13-10-16(17)8-4-3-5-9-16/h14-15H,3-13,17H2,1-2H3. The van der Waals surface area contributed by atoms with Gasteiger partial charge in [0.25, 0.3) is 0 Å². The average molecular weight is 252 g/mol. The van der Waals surface area contributed by atoms with E-state index in [9.17, 15) is 0 Å². The summed E-state index contributed by atoms with van der Waals surface area (Å²) in [6.45, 7) is 8.59. The fraction of sp³-hybridized carbons (Fsp3) is 1.00. The summed E-state index contributed by atoms with van der Waals surface area (Å²) < 4.78 is 0. The molecule has 1 aliphatic heterocycles. The molecular formula is C16H32N2. The number of piperidine rings is 1. The van der Waals surface area contributed by atoms with Crippen LogP contribution >= 0.6 is 0 Å². The van der Waals surface area contributed by atoms with E-state index in [0.717, 1.165) is 11.8 Å². The molecule has 0 spiro atoms. The molecule has 0 amide bonds. The Balaban J connectivity index is 1.68. The molecule has 18 heavy (non-hydrogen) atoms. The molecule has 0 unspecified atom stereocenters. The molecule has 2 aliphatic rings. The summed E-state index contributed by atoms with van der Waals surface area (Å²) in [7, 11) is 0. The summed E-state index contributed by atoms with van der Waals surface area (Å²) >= 11 is 0. The van der Waals surface area contributed by atoms with Crippen LogP contribution < -0.4 is 5.73 Å². The van der Waals surface area contributed by atoms with Crippen LogP contribution in [0.2, 0.25) is 0 Å². The van der Waals surface area contributed by atoms with E-state index in [1.54, 1.807) is 0 Å². The minimum absolute atomic E-state index is 0.174. The van der Waals surface area contributed by atoms with Crippen molar-refractivity contribution in [2.24, 2.45) is 17.6 Å². The first-order valence-electron chi connectivity index (χ1n) is 8.10. The molecule has 106 valence electrons. The zero-order valence-corrected chi connectivity index (χ0v) is 12.5. The zero-order valence-electron chi connectivity index (χ0n) is 12.5. The van der Waals surface area contributed by atoms with Crippen LogP contribution in [0.25, 0.3) is 0 Å². The third kappa shape index (κ3) is 3.96. The Hall–Kier alpha value is -0.0800. The molecule has 0 aromatic rings. The van der Waals surface area contributed by atoms with Gasteiger partial charge in [-0.15, -0.1) is 0 Å². The van der Waals surface area contributed by atoms with Crippen molar-refractivity contribution in [1.82, 2.24) is 4.90 Å². The Morgan fingerprint density at radius 1 is 1.11 bits per heavy atom. The molecule has 0 radical (unpaired) electrons. The fourth-order valence-electron chi connectivity index (χ4n) is 3.73. The van der Waals surface area contributed by atoms with Crippen molar-refractivity contribution in [1.29, 1.82) is 0 Å². The first-order valence-corrected chi connectivity index (χ1v) is 8.10. The number of nitrogens with zero attached hydrogens (tertiary/aromatic N) is 1. The Bertz CT molecular complexity index is 235. The van der Waals surface area contributed by atoms with Crippen molar-refractivity contribution in [3.8, 4) is 0 Å². The normalized spacial score (nSPS) is 26.7. The molecule has 0 aromatic heterocycles. The first kappa shape index (κ1) is 14.3. The Morgan fingerprint density at radius 3 is 2.28 bits per heavy atom. The van der Waals surface area contributed by atoms with Gasteiger partial charge in [-0.25, -0.2) is 0 Å². The highest BCUT2D eigenvalue weighted by molar-refractivity contribution is 4.88. The van der Waals surface area contributed by atoms with E-state index in [2.05, 4.69) is 18.7 Å². The predicted molar refractivity (Wildman–Crippen MR) is 78.6 cm³/mol. The van der Waals surface area contributed by atoms with Gasteiger partial charge in [0.15, 0.2) is 0 Å². The van der Waals surface area contributed by atoms with E-state index >= 15 is 0 Å². The van der Waals surface area contributed by atoms with E-state index < -0.39 is 0 Å². The molecular weight excluding hydrogens is 220 g/mol. The molecule has 1 aliphatic carbocycles. The lowest BCUT2D eigenvalue weighted by Crippen LogP contribution is -2.46. The second-order valence-corrected chi connectivity index (χ2v) is 7.10. The van der Waals surface area contributed by atoms with E-state index in [1.165, 1.54) is 71.0 Å². The fourth-order valence-corrected chi connectivity index (χ4v) is 3.73. The third-order valence-electron chi connectivity index (χ3n) is 5.35. The topological polar surface area (TPSA) is 29.3 Å². The molecule has 1 heterocycles. The number of hydrogen-bond acceptors (Lipinski definition) is 2. The molecule has 2 fully saturated rings. The Kier molecular flexibility index (Phi) is 5.08. The monoisotopic (exact) mass is 252 g/mol. The van der Waals surface area contributed by atoms with Gasteiger partial charge in [-0.3, -0.25) is 0 Å². The summed E-state index contributed by atoms with van der Waals surface area (Å²) in [6, 6.07) is 0. The number of rotatable bonds is 4. The highest BCUT2D eigenvalue weighted by atomic mass is 15.1. The van der Waals surface area contributed by atoms with Gasteiger partial charge in [-0.05, 0) is 63.6 Å². The van der Waals surface area contributed by atoms with Gasteiger partial charge in [0.2, 0.25) is 0 Å². The van der Waals surface area contributed by atoms with Crippen molar-refractivity contribution >= 4 is 0 Å². The number of likely N-dealkylation sites (tertiary alicyclic amines) is 1. The SMILES string of the molecule is CC(C)C1CCN(CCC2(N)CCCCC2)CC1. The molecule has 0 atom stereocenters. The molecule has 2 nitrogen and oxygen atoms in total. The smallest absolute Gasteiger partial charge is 0.0166 e. The Morgan fingerprint density at radius 2 is 1.72 bits per heavy atom. The molecule has 2 rings (SSSR count). The number of hydrogen-bond donors (Lipinski definition) is 1. The van der Waals surface area contributed by atoms with Gasteiger partial charge in [-0.2, -0.15) is 0 Å². The van der Waals surface area contributed by atoms with E-state index in [0.29, 0.717) is 0 Å². The maximum absolute atomic E-state index is 6.53. The summed E-state index contributed by atoms with van der Waals surface area (Å²) in [6.07, 6.45) is 10.6. The molecule has 2 heteroatoms. The van der Waals surface area contributed by atoms with Crippen molar-refractivity contribution in [2.45, 2.75) is 70.8 Å². The van der Waals surface area contributed by atoms with Gasteiger partial charge in [0.05, 0.1) is 0 Å². The number of nitrogens with two attached hydrogens (primary N) is 1. The average Bonchev–Trinajstić information content (AvgIpc) is 2.38. The predicted octanol–water partition coefficient (Wildman–Crippen LogP) is 3.41. The van der Waals surface area contributed by atoms with Crippen molar-refractivity contribution in [2.75, 3.05) is 19.6 Å². The van der Waals surface area contributed by atoms with E-state index in [4.69, 9.17) is 5.73 Å². The van der Waals surface area contributed by atoms with Crippen LogP contribution in [0, 0.1) is 11.8 Å². The lowest BCUT2D eigenvalue weighted by Gasteiger charge is -2.38. The van der Waals surface area contributed by atoms with Gasteiger partial charge in [0.1, 0.15) is 0 Å². The first-order chi connectivity index (χ1) is 8.59. The van der Waals surface area contributed by atoms with Gasteiger partial charge in [-0.1, -0.05) is 33.1 Å². The lowest BCUT2D eigenvalue weighted by molar-refractivity contribution is 0.139. The molecule has 2 N–H and O–H groups in total. The van der Waals surface area contributed by atoms with E-state index in [-0.39, 0.29) is 5.54 Å². The lowest BCUT2D eigenvalue weighted by atomic mass is 9.80. The van der Waals surface area contributed by atoms with Crippen LogP contribution in [0.3, 0.4) is 0 Å². The summed E-state index contributed by atoms with van der Waals surface area (Å²) in [5, 5.41) is 0. The van der Waals surface area contributed by atoms with Crippen LogP contribution in [0.4, 0.5) is 0 Å². The minimum Gasteiger partial charge on any atom is -0.325 e. The quantitative estimate of drug-likeness (QED) is 0.831. The van der Waals surface area contributed by atoms with Crippen LogP contribution in [-0.2, 0) is 0 Å². The third-order valence-corrected chi connectivity index (χ3v) is 5.35. The van der Waals surface area contributed by atoms with Gasteiger partial charge < -0.3 is 10.6 Å². The highest BCUT2D eigenvalue weighted by Gasteiger charge is 2.28. The van der Waals surface area contributed by atoms with Crippen LogP contribution in [0.5, 0.6) is 0 Å². The van der Waals surface area contributed by atoms with Crippen LogP contribution in [-0.4, -0.2) is 30.1 Å². The summed E-state index contributed by atoms with van der Waals surface area (Å²) in [4.78, 5) is 2.65. The molecule has 1 saturated carbocycles. The molecule has 0 bridgehead atoms. The maximum atomic E-state index is 6.53. The maximum Gasteiger partial charge on any atom is 0.0166 e.